The molecule has 0 aromatic carbocycles. The normalized spacial score (nSPS) is 19.1. The fourth-order valence-electron chi connectivity index (χ4n) is 3.52. The van der Waals surface area contributed by atoms with Gasteiger partial charge in [0.05, 0.1) is 5.52 Å². The first kappa shape index (κ1) is 16.3. The van der Waals surface area contributed by atoms with E-state index in [9.17, 15) is 4.79 Å². The van der Waals surface area contributed by atoms with E-state index in [1.165, 1.54) is 6.42 Å². The first-order chi connectivity index (χ1) is 12.3. The van der Waals surface area contributed by atoms with Crippen molar-refractivity contribution in [3.8, 4) is 0 Å². The Morgan fingerprint density at radius 2 is 1.96 bits per heavy atom. The van der Waals surface area contributed by atoms with Crippen molar-refractivity contribution in [3.05, 3.63) is 30.1 Å². The van der Waals surface area contributed by atoms with E-state index in [1.807, 2.05) is 29.3 Å². The van der Waals surface area contributed by atoms with Crippen LogP contribution in [-0.4, -0.2) is 53.1 Å². The van der Waals surface area contributed by atoms with Crippen LogP contribution in [0.25, 0.3) is 10.9 Å². The topological polar surface area (TPSA) is 67.3 Å². The second-order valence-corrected chi connectivity index (χ2v) is 6.84. The number of hydrogen-bond acceptors (Lipinski definition) is 5. The molecule has 0 atom stereocenters. The first-order valence-electron chi connectivity index (χ1n) is 9.20. The van der Waals surface area contributed by atoms with Crippen LogP contribution in [-0.2, 0) is 4.74 Å². The Morgan fingerprint density at radius 3 is 2.76 bits per heavy atom. The Labute approximate surface area is 147 Å². The van der Waals surface area contributed by atoms with Crippen LogP contribution in [0.1, 0.15) is 42.6 Å². The summed E-state index contributed by atoms with van der Waals surface area (Å²) >= 11 is 0. The number of carbonyl (C=O) groups is 1. The zero-order valence-corrected chi connectivity index (χ0v) is 14.4. The van der Waals surface area contributed by atoms with Crippen molar-refractivity contribution in [2.75, 3.05) is 31.6 Å². The highest BCUT2D eigenvalue weighted by molar-refractivity contribution is 5.95. The maximum atomic E-state index is 12.7. The monoisotopic (exact) mass is 340 g/mol. The Morgan fingerprint density at radius 1 is 1.16 bits per heavy atom. The fraction of sp³-hybridized carbons (Fsp3) is 0.526. The number of hydrogen-bond donors (Lipinski definition) is 1. The third-order valence-electron chi connectivity index (χ3n) is 5.01. The zero-order chi connectivity index (χ0) is 17.1. The highest BCUT2D eigenvalue weighted by atomic mass is 16.5. The summed E-state index contributed by atoms with van der Waals surface area (Å²) in [5, 5.41) is 4.41. The lowest BCUT2D eigenvalue weighted by Gasteiger charge is -2.26. The molecule has 2 fully saturated rings. The minimum absolute atomic E-state index is 0.0392. The molecule has 6 heteroatoms. The van der Waals surface area contributed by atoms with Gasteiger partial charge in [-0.2, -0.15) is 0 Å². The van der Waals surface area contributed by atoms with Gasteiger partial charge in [0.15, 0.2) is 0 Å². The van der Waals surface area contributed by atoms with Crippen molar-refractivity contribution in [3.63, 3.8) is 0 Å². The van der Waals surface area contributed by atoms with Gasteiger partial charge in [-0.1, -0.05) is 0 Å². The molecular formula is C19H24N4O2. The number of pyridine rings is 2. The Hall–Kier alpha value is -2.21. The van der Waals surface area contributed by atoms with Crippen LogP contribution in [0.3, 0.4) is 0 Å². The molecule has 0 saturated carbocycles. The molecule has 0 unspecified atom stereocenters. The number of carbonyl (C=O) groups excluding carboxylic acids is 1. The number of rotatable bonds is 3. The Bertz CT molecular complexity index is 752. The number of fused-ring (bicyclic) bond motifs is 1. The molecule has 0 spiro atoms. The highest BCUT2D eigenvalue weighted by Crippen LogP contribution is 2.20. The van der Waals surface area contributed by atoms with Crippen LogP contribution in [0.5, 0.6) is 0 Å². The van der Waals surface area contributed by atoms with Gasteiger partial charge in [0.1, 0.15) is 11.5 Å². The average molecular weight is 340 g/mol. The molecule has 25 heavy (non-hydrogen) atoms. The van der Waals surface area contributed by atoms with E-state index >= 15 is 0 Å². The van der Waals surface area contributed by atoms with E-state index in [1.54, 1.807) is 0 Å². The lowest BCUT2D eigenvalue weighted by atomic mass is 10.1. The summed E-state index contributed by atoms with van der Waals surface area (Å²) in [5.74, 6) is 0.854. The van der Waals surface area contributed by atoms with E-state index in [-0.39, 0.29) is 5.91 Å². The molecule has 2 aromatic heterocycles. The van der Waals surface area contributed by atoms with Gasteiger partial charge < -0.3 is 15.0 Å². The number of anilines is 1. The Balaban J connectivity index is 1.54. The number of likely N-dealkylation sites (tertiary alicyclic amines) is 1. The summed E-state index contributed by atoms with van der Waals surface area (Å²) in [6.07, 6.45) is 7.17. The van der Waals surface area contributed by atoms with Crippen LogP contribution in [0.2, 0.25) is 0 Å². The summed E-state index contributed by atoms with van der Waals surface area (Å²) in [6, 6.07) is 6.08. The summed E-state index contributed by atoms with van der Waals surface area (Å²) in [4.78, 5) is 23.7. The van der Waals surface area contributed by atoms with Crippen molar-refractivity contribution in [1.29, 1.82) is 0 Å². The van der Waals surface area contributed by atoms with Gasteiger partial charge >= 0.3 is 0 Å². The second kappa shape index (κ2) is 7.35. The first-order valence-corrected chi connectivity index (χ1v) is 9.20. The van der Waals surface area contributed by atoms with Crippen LogP contribution in [0.15, 0.2) is 24.4 Å². The van der Waals surface area contributed by atoms with Gasteiger partial charge in [-0.3, -0.25) is 4.79 Å². The van der Waals surface area contributed by atoms with Crippen LogP contribution in [0, 0.1) is 0 Å². The van der Waals surface area contributed by atoms with Crippen LogP contribution >= 0.6 is 0 Å². The van der Waals surface area contributed by atoms with Crippen molar-refractivity contribution in [1.82, 2.24) is 14.9 Å². The molecule has 6 nitrogen and oxygen atoms in total. The molecule has 0 bridgehead atoms. The molecule has 132 valence electrons. The number of piperidine rings is 1. The van der Waals surface area contributed by atoms with Crippen LogP contribution < -0.4 is 5.32 Å². The van der Waals surface area contributed by atoms with Crippen molar-refractivity contribution in [2.24, 2.45) is 0 Å². The molecule has 1 N–H and O–H groups in total. The zero-order valence-electron chi connectivity index (χ0n) is 14.4. The summed E-state index contributed by atoms with van der Waals surface area (Å²) < 4.78 is 5.39. The predicted octanol–water partition coefficient (Wildman–Crippen LogP) is 2.85. The van der Waals surface area contributed by atoms with Crippen molar-refractivity contribution < 1.29 is 9.53 Å². The largest absolute Gasteiger partial charge is 0.381 e. The quantitative estimate of drug-likeness (QED) is 0.930. The number of amides is 1. The maximum absolute atomic E-state index is 12.7. The average Bonchev–Trinajstić information content (AvgIpc) is 2.68. The van der Waals surface area contributed by atoms with E-state index in [0.29, 0.717) is 11.7 Å². The molecule has 2 aliphatic rings. The minimum Gasteiger partial charge on any atom is -0.381 e. The minimum atomic E-state index is 0.0392. The number of aromatic nitrogens is 2. The lowest BCUT2D eigenvalue weighted by molar-refractivity contribution is 0.0719. The fourth-order valence-corrected chi connectivity index (χ4v) is 3.52. The molecule has 1 amide bonds. The summed E-state index contributed by atoms with van der Waals surface area (Å²) in [7, 11) is 0. The molecule has 0 aliphatic carbocycles. The molecule has 0 radical (unpaired) electrons. The standard InChI is InChI=1S/C19H24N4O2/c24-19(23-8-2-1-3-9-23)16-5-4-14-13-20-18(12-17(14)22-16)21-15-6-10-25-11-7-15/h4-5,12-13,15H,1-3,6-11H2,(H,20,21). The van der Waals surface area contributed by atoms with Gasteiger partial charge in [0, 0.05) is 50.0 Å². The lowest BCUT2D eigenvalue weighted by Crippen LogP contribution is -2.36. The van der Waals surface area contributed by atoms with Gasteiger partial charge in [-0.15, -0.1) is 0 Å². The highest BCUT2D eigenvalue weighted by Gasteiger charge is 2.20. The molecule has 4 rings (SSSR count). The third kappa shape index (κ3) is 3.74. The number of nitrogens with one attached hydrogen (secondary N) is 1. The van der Waals surface area contributed by atoms with E-state index in [0.717, 1.165) is 68.7 Å². The third-order valence-corrected chi connectivity index (χ3v) is 5.01. The maximum Gasteiger partial charge on any atom is 0.272 e. The van der Waals surface area contributed by atoms with Gasteiger partial charge in [0.2, 0.25) is 0 Å². The molecule has 2 saturated heterocycles. The number of nitrogens with zero attached hydrogens (tertiary/aromatic N) is 3. The van der Waals surface area contributed by atoms with Crippen LogP contribution in [0.4, 0.5) is 5.82 Å². The van der Waals surface area contributed by atoms with Crippen molar-refractivity contribution in [2.45, 2.75) is 38.1 Å². The van der Waals surface area contributed by atoms with Crippen molar-refractivity contribution >= 4 is 22.6 Å². The SMILES string of the molecule is O=C(c1ccc2cnc(NC3CCOCC3)cc2n1)N1CCCCC1. The molecule has 2 aromatic rings. The molecular weight excluding hydrogens is 316 g/mol. The van der Waals surface area contributed by atoms with E-state index in [2.05, 4.69) is 15.3 Å². The molecule has 4 heterocycles. The predicted molar refractivity (Wildman–Crippen MR) is 96.8 cm³/mol. The van der Waals surface area contributed by atoms with E-state index in [4.69, 9.17) is 4.74 Å². The Kier molecular flexibility index (Phi) is 4.78. The second-order valence-electron chi connectivity index (χ2n) is 6.84. The van der Waals surface area contributed by atoms with Gasteiger partial charge in [0.25, 0.3) is 5.91 Å². The summed E-state index contributed by atoms with van der Waals surface area (Å²) in [5.41, 5.74) is 1.34. The van der Waals surface area contributed by atoms with E-state index < -0.39 is 0 Å². The summed E-state index contributed by atoms with van der Waals surface area (Å²) in [6.45, 7) is 3.26. The number of ether oxygens (including phenoxy) is 1. The molecule has 2 aliphatic heterocycles. The van der Waals surface area contributed by atoms with Gasteiger partial charge in [-0.25, -0.2) is 9.97 Å². The smallest absolute Gasteiger partial charge is 0.272 e. The van der Waals surface area contributed by atoms with Gasteiger partial charge in [-0.05, 0) is 44.2 Å².